The van der Waals surface area contributed by atoms with E-state index in [0.29, 0.717) is 17.2 Å². The van der Waals surface area contributed by atoms with Gasteiger partial charge >= 0.3 is 0 Å². The molecule has 0 fully saturated rings. The zero-order chi connectivity index (χ0) is 11.5. The number of amides is 1. The van der Waals surface area contributed by atoms with E-state index in [1.165, 1.54) is 0 Å². The lowest BCUT2D eigenvalue weighted by atomic mass is 10.1. The van der Waals surface area contributed by atoms with Gasteiger partial charge in [0.15, 0.2) is 0 Å². The van der Waals surface area contributed by atoms with Gasteiger partial charge in [0.25, 0.3) is 5.91 Å². The number of carbonyl (C=O) groups is 1. The van der Waals surface area contributed by atoms with Crippen LogP contribution in [0.1, 0.15) is 36.1 Å². The van der Waals surface area contributed by atoms with E-state index in [4.69, 9.17) is 11.6 Å². The standard InChI is InChI=1S/C9H14ClN3OS/c1-4-6-7(15-13-12-6)8(14)11-9(2,3)5-10/h4-5H2,1-3H3,(H,11,14). The lowest BCUT2D eigenvalue weighted by Gasteiger charge is -2.22. The first-order valence-electron chi connectivity index (χ1n) is 4.70. The van der Waals surface area contributed by atoms with E-state index in [-0.39, 0.29) is 5.91 Å². The van der Waals surface area contributed by atoms with Crippen molar-refractivity contribution >= 4 is 29.0 Å². The fraction of sp³-hybridized carbons (Fsp3) is 0.667. The number of hydrogen-bond acceptors (Lipinski definition) is 4. The first kappa shape index (κ1) is 12.4. The van der Waals surface area contributed by atoms with E-state index in [1.54, 1.807) is 0 Å². The lowest BCUT2D eigenvalue weighted by molar-refractivity contribution is 0.0923. The van der Waals surface area contributed by atoms with Gasteiger partial charge in [-0.1, -0.05) is 11.4 Å². The predicted octanol–water partition coefficient (Wildman–Crippen LogP) is 1.85. The number of hydrogen-bond donors (Lipinski definition) is 1. The maximum atomic E-state index is 11.8. The van der Waals surface area contributed by atoms with Crippen molar-refractivity contribution in [3.63, 3.8) is 0 Å². The molecule has 0 aliphatic carbocycles. The van der Waals surface area contributed by atoms with Crippen molar-refractivity contribution < 1.29 is 4.79 Å². The van der Waals surface area contributed by atoms with E-state index in [9.17, 15) is 4.79 Å². The quantitative estimate of drug-likeness (QED) is 0.827. The molecule has 1 N–H and O–H groups in total. The number of halogens is 1. The Balaban J connectivity index is 2.78. The Morgan fingerprint density at radius 2 is 2.27 bits per heavy atom. The van der Waals surface area contributed by atoms with Gasteiger partial charge in [-0.25, -0.2) is 0 Å². The fourth-order valence-electron chi connectivity index (χ4n) is 1.01. The molecule has 4 nitrogen and oxygen atoms in total. The van der Waals surface area contributed by atoms with E-state index >= 15 is 0 Å². The van der Waals surface area contributed by atoms with Crippen LogP contribution in [0.15, 0.2) is 0 Å². The fourth-order valence-corrected chi connectivity index (χ4v) is 1.72. The summed E-state index contributed by atoms with van der Waals surface area (Å²) in [5, 5.41) is 6.73. The van der Waals surface area contributed by atoms with Crippen LogP contribution in [0.3, 0.4) is 0 Å². The predicted molar refractivity (Wildman–Crippen MR) is 61.6 cm³/mol. The van der Waals surface area contributed by atoms with Crippen molar-refractivity contribution in [2.45, 2.75) is 32.7 Å². The molecule has 0 atom stereocenters. The van der Waals surface area contributed by atoms with E-state index in [1.807, 2.05) is 20.8 Å². The average Bonchev–Trinajstić information content (AvgIpc) is 2.64. The van der Waals surface area contributed by atoms with E-state index < -0.39 is 5.54 Å². The van der Waals surface area contributed by atoms with Crippen molar-refractivity contribution in [3.05, 3.63) is 10.6 Å². The summed E-state index contributed by atoms with van der Waals surface area (Å²) in [4.78, 5) is 12.4. The zero-order valence-corrected chi connectivity index (χ0v) is 10.6. The summed E-state index contributed by atoms with van der Waals surface area (Å²) < 4.78 is 3.77. The molecule has 6 heteroatoms. The molecular weight excluding hydrogens is 234 g/mol. The first-order chi connectivity index (χ1) is 7.00. The van der Waals surface area contributed by atoms with Gasteiger partial charge in [0, 0.05) is 11.4 Å². The highest BCUT2D eigenvalue weighted by atomic mass is 35.5. The molecule has 1 aromatic heterocycles. The molecule has 0 aromatic carbocycles. The monoisotopic (exact) mass is 247 g/mol. The number of rotatable bonds is 4. The van der Waals surface area contributed by atoms with Crippen LogP contribution < -0.4 is 5.32 Å². The Kier molecular flexibility index (Phi) is 4.04. The summed E-state index contributed by atoms with van der Waals surface area (Å²) in [6.45, 7) is 5.69. The Bertz CT molecular complexity index is 351. The molecule has 0 unspecified atom stereocenters. The minimum atomic E-state index is -0.409. The minimum Gasteiger partial charge on any atom is -0.345 e. The molecule has 0 saturated heterocycles. The molecule has 15 heavy (non-hydrogen) atoms. The van der Waals surface area contributed by atoms with Crippen LogP contribution in [0.4, 0.5) is 0 Å². The molecule has 0 radical (unpaired) electrons. The lowest BCUT2D eigenvalue weighted by Crippen LogP contribution is -2.44. The van der Waals surface area contributed by atoms with Gasteiger partial charge in [0.05, 0.1) is 5.69 Å². The van der Waals surface area contributed by atoms with Crippen LogP contribution in [0.2, 0.25) is 0 Å². The van der Waals surface area contributed by atoms with Gasteiger partial charge in [0.2, 0.25) is 0 Å². The van der Waals surface area contributed by atoms with Crippen molar-refractivity contribution in [1.29, 1.82) is 0 Å². The van der Waals surface area contributed by atoms with Crippen molar-refractivity contribution in [1.82, 2.24) is 14.9 Å². The second-order valence-electron chi connectivity index (χ2n) is 3.87. The second kappa shape index (κ2) is 4.90. The van der Waals surface area contributed by atoms with Gasteiger partial charge in [0.1, 0.15) is 4.88 Å². The summed E-state index contributed by atoms with van der Waals surface area (Å²) in [6, 6.07) is 0. The zero-order valence-electron chi connectivity index (χ0n) is 9.00. The third-order valence-electron chi connectivity index (χ3n) is 1.88. The SMILES string of the molecule is CCc1nnsc1C(=O)NC(C)(C)CCl. The highest BCUT2D eigenvalue weighted by Gasteiger charge is 2.23. The summed E-state index contributed by atoms with van der Waals surface area (Å²) >= 11 is 6.85. The summed E-state index contributed by atoms with van der Waals surface area (Å²) in [6.07, 6.45) is 0.709. The third kappa shape index (κ3) is 3.14. The van der Waals surface area contributed by atoms with Crippen LogP contribution in [0.25, 0.3) is 0 Å². The number of aromatic nitrogens is 2. The highest BCUT2D eigenvalue weighted by molar-refractivity contribution is 7.08. The van der Waals surface area contributed by atoms with Crippen LogP contribution in [0, 0.1) is 0 Å². The number of nitrogens with one attached hydrogen (secondary N) is 1. The molecule has 0 bridgehead atoms. The molecule has 0 spiro atoms. The molecule has 0 saturated carbocycles. The number of alkyl halides is 1. The summed E-state index contributed by atoms with van der Waals surface area (Å²) in [7, 11) is 0. The highest BCUT2D eigenvalue weighted by Crippen LogP contribution is 2.13. The van der Waals surface area contributed by atoms with Crippen LogP contribution in [-0.4, -0.2) is 26.9 Å². The van der Waals surface area contributed by atoms with Crippen LogP contribution in [0.5, 0.6) is 0 Å². The first-order valence-corrected chi connectivity index (χ1v) is 6.00. The topological polar surface area (TPSA) is 54.9 Å². The molecular formula is C9H14ClN3OS. The van der Waals surface area contributed by atoms with Crippen molar-refractivity contribution in [2.24, 2.45) is 0 Å². The smallest absolute Gasteiger partial charge is 0.265 e. The molecule has 1 rings (SSSR count). The Morgan fingerprint density at radius 3 is 2.80 bits per heavy atom. The van der Waals surface area contributed by atoms with Crippen LogP contribution >= 0.6 is 23.1 Å². The molecule has 1 amide bonds. The Morgan fingerprint density at radius 1 is 1.60 bits per heavy atom. The Hall–Kier alpha value is -0.680. The number of aryl methyl sites for hydroxylation is 1. The molecule has 84 valence electrons. The van der Waals surface area contributed by atoms with E-state index in [2.05, 4.69) is 14.9 Å². The van der Waals surface area contributed by atoms with Gasteiger partial charge < -0.3 is 5.32 Å². The van der Waals surface area contributed by atoms with Crippen molar-refractivity contribution in [2.75, 3.05) is 5.88 Å². The van der Waals surface area contributed by atoms with E-state index in [0.717, 1.165) is 17.2 Å². The average molecular weight is 248 g/mol. The molecule has 0 aliphatic rings. The maximum Gasteiger partial charge on any atom is 0.265 e. The largest absolute Gasteiger partial charge is 0.345 e. The Labute approximate surface area is 98.2 Å². The number of nitrogens with zero attached hydrogens (tertiary/aromatic N) is 2. The summed E-state index contributed by atoms with van der Waals surface area (Å²) in [5.74, 6) is 0.222. The molecule has 1 aromatic rings. The van der Waals surface area contributed by atoms with Gasteiger partial charge in [-0.15, -0.1) is 16.7 Å². The molecule has 0 aliphatic heterocycles. The normalized spacial score (nSPS) is 11.5. The molecule has 1 heterocycles. The van der Waals surface area contributed by atoms with Gasteiger partial charge in [-0.05, 0) is 31.8 Å². The number of carbonyl (C=O) groups excluding carboxylic acids is 1. The minimum absolute atomic E-state index is 0.146. The summed E-state index contributed by atoms with van der Waals surface area (Å²) in [5.41, 5.74) is 0.330. The van der Waals surface area contributed by atoms with Gasteiger partial charge in [-0.2, -0.15) is 0 Å². The maximum absolute atomic E-state index is 11.8. The second-order valence-corrected chi connectivity index (χ2v) is 4.90. The van der Waals surface area contributed by atoms with Gasteiger partial charge in [-0.3, -0.25) is 4.79 Å². The third-order valence-corrected chi connectivity index (χ3v) is 3.32. The van der Waals surface area contributed by atoms with Crippen LogP contribution in [-0.2, 0) is 6.42 Å². The van der Waals surface area contributed by atoms with Crippen molar-refractivity contribution in [3.8, 4) is 0 Å².